The molecule has 21 heavy (non-hydrogen) atoms. The fraction of sp³-hybridized carbons (Fsp3) is 0.357. The summed E-state index contributed by atoms with van der Waals surface area (Å²) in [6.45, 7) is 0. The summed E-state index contributed by atoms with van der Waals surface area (Å²) in [7, 11) is 0. The molecule has 0 saturated heterocycles. The molecule has 0 amide bonds. The largest absolute Gasteiger partial charge is 0.508 e. The van der Waals surface area contributed by atoms with E-state index < -0.39 is 0 Å². The van der Waals surface area contributed by atoms with Gasteiger partial charge in [-0.05, 0) is 31.0 Å². The average molecular weight is 321 g/mol. The minimum absolute atomic E-state index is 0.177. The van der Waals surface area contributed by atoms with Crippen LogP contribution < -0.4 is 0 Å². The Hall–Kier alpha value is -1.66. The Kier molecular flexibility index (Phi) is 3.08. The second-order valence-electron chi connectivity index (χ2n) is 5.31. The molecule has 0 unspecified atom stereocenters. The van der Waals surface area contributed by atoms with Crippen LogP contribution in [0.3, 0.4) is 0 Å². The predicted molar refractivity (Wildman–Crippen MR) is 82.0 cm³/mol. The second kappa shape index (κ2) is 4.96. The van der Waals surface area contributed by atoms with Crippen LogP contribution in [0.1, 0.15) is 37.4 Å². The first-order valence-corrected chi connectivity index (χ1v) is 8.13. The van der Waals surface area contributed by atoms with Crippen LogP contribution in [-0.2, 0) is 0 Å². The summed E-state index contributed by atoms with van der Waals surface area (Å²) in [6, 6.07) is 4.87. The van der Waals surface area contributed by atoms with Crippen LogP contribution in [0.15, 0.2) is 18.2 Å². The molecule has 0 bridgehead atoms. The maximum absolute atomic E-state index is 9.63. The molecule has 1 saturated carbocycles. The van der Waals surface area contributed by atoms with Gasteiger partial charge in [0, 0.05) is 11.5 Å². The Morgan fingerprint density at radius 3 is 2.86 bits per heavy atom. The molecule has 0 radical (unpaired) electrons. The molecule has 7 heteroatoms. The lowest BCUT2D eigenvalue weighted by Crippen LogP contribution is -2.01. The highest BCUT2D eigenvalue weighted by atomic mass is 35.5. The summed E-state index contributed by atoms with van der Waals surface area (Å²) in [6.07, 6.45) is 4.80. The van der Waals surface area contributed by atoms with E-state index in [1.165, 1.54) is 24.2 Å². The van der Waals surface area contributed by atoms with Crippen LogP contribution in [0.2, 0.25) is 5.02 Å². The van der Waals surface area contributed by atoms with E-state index in [0.29, 0.717) is 10.9 Å². The maximum atomic E-state index is 9.63. The van der Waals surface area contributed by atoms with Crippen molar-refractivity contribution in [3.8, 4) is 16.3 Å². The lowest BCUT2D eigenvalue weighted by Gasteiger charge is -2.04. The van der Waals surface area contributed by atoms with E-state index in [1.807, 2.05) is 4.52 Å². The highest BCUT2D eigenvalue weighted by molar-refractivity contribution is 7.19. The van der Waals surface area contributed by atoms with Gasteiger partial charge in [0.15, 0.2) is 5.82 Å². The molecule has 0 aliphatic heterocycles. The summed E-state index contributed by atoms with van der Waals surface area (Å²) in [5, 5.41) is 24.1. The molecular weight excluding hydrogens is 308 g/mol. The number of aromatic nitrogens is 4. The van der Waals surface area contributed by atoms with E-state index in [-0.39, 0.29) is 5.75 Å². The Morgan fingerprint density at radius 2 is 2.05 bits per heavy atom. The third-order valence-electron chi connectivity index (χ3n) is 3.92. The summed E-state index contributed by atoms with van der Waals surface area (Å²) >= 11 is 7.64. The van der Waals surface area contributed by atoms with Gasteiger partial charge in [0.25, 0.3) is 0 Å². The smallest absolute Gasteiger partial charge is 0.234 e. The first kappa shape index (κ1) is 13.0. The standard InChI is InChI=1S/C14H13ClN4OS/c15-11-6-5-9(20)7-10(11)13-18-19-12(8-3-1-2-4-8)16-17-14(19)21-13/h5-8,20H,1-4H2. The number of halogens is 1. The zero-order chi connectivity index (χ0) is 14.4. The van der Waals surface area contributed by atoms with E-state index in [1.54, 1.807) is 18.2 Å². The molecule has 1 aromatic carbocycles. The number of phenols is 1. The van der Waals surface area contributed by atoms with Gasteiger partial charge in [-0.2, -0.15) is 9.61 Å². The summed E-state index contributed by atoms with van der Waals surface area (Å²) in [4.78, 5) is 0.770. The number of hydrogen-bond acceptors (Lipinski definition) is 5. The van der Waals surface area contributed by atoms with Crippen molar-refractivity contribution in [3.63, 3.8) is 0 Å². The lowest BCUT2D eigenvalue weighted by atomic mass is 10.1. The van der Waals surface area contributed by atoms with Crippen LogP contribution in [0.4, 0.5) is 0 Å². The van der Waals surface area contributed by atoms with Crippen LogP contribution in [0.25, 0.3) is 15.5 Å². The van der Waals surface area contributed by atoms with Crippen LogP contribution in [-0.4, -0.2) is 24.9 Å². The second-order valence-corrected chi connectivity index (χ2v) is 6.67. The van der Waals surface area contributed by atoms with Crippen molar-refractivity contribution in [2.45, 2.75) is 31.6 Å². The Balaban J connectivity index is 1.82. The quantitative estimate of drug-likeness (QED) is 0.778. The van der Waals surface area contributed by atoms with Gasteiger partial charge < -0.3 is 5.11 Å². The normalized spacial score (nSPS) is 16.0. The van der Waals surface area contributed by atoms with Crippen LogP contribution in [0.5, 0.6) is 5.75 Å². The van der Waals surface area contributed by atoms with Gasteiger partial charge in [0.2, 0.25) is 4.96 Å². The van der Waals surface area contributed by atoms with E-state index in [2.05, 4.69) is 15.3 Å². The van der Waals surface area contributed by atoms with Gasteiger partial charge >= 0.3 is 0 Å². The van der Waals surface area contributed by atoms with Gasteiger partial charge in [0.1, 0.15) is 10.8 Å². The van der Waals surface area contributed by atoms with Gasteiger partial charge in [-0.1, -0.05) is 35.8 Å². The fourth-order valence-corrected chi connectivity index (χ4v) is 4.00. The molecular formula is C14H13ClN4OS. The minimum Gasteiger partial charge on any atom is -0.508 e. The molecule has 1 aliphatic rings. The number of nitrogens with zero attached hydrogens (tertiary/aromatic N) is 4. The fourth-order valence-electron chi connectivity index (χ4n) is 2.86. The number of fused-ring (bicyclic) bond motifs is 1. The van der Waals surface area contributed by atoms with Crippen molar-refractivity contribution in [1.29, 1.82) is 0 Å². The minimum atomic E-state index is 0.177. The molecule has 4 rings (SSSR count). The van der Waals surface area contributed by atoms with Gasteiger partial charge in [-0.3, -0.25) is 0 Å². The summed E-state index contributed by atoms with van der Waals surface area (Å²) in [5.74, 6) is 1.58. The molecule has 3 aromatic rings. The Bertz CT molecular complexity index is 807. The number of rotatable bonds is 2. The highest BCUT2D eigenvalue weighted by Gasteiger charge is 2.24. The Labute approximate surface area is 130 Å². The van der Waals surface area contributed by atoms with Crippen molar-refractivity contribution >= 4 is 27.9 Å². The zero-order valence-corrected chi connectivity index (χ0v) is 12.7. The Morgan fingerprint density at radius 1 is 1.24 bits per heavy atom. The molecule has 1 N–H and O–H groups in total. The first-order chi connectivity index (χ1) is 10.2. The van der Waals surface area contributed by atoms with Gasteiger partial charge in [-0.15, -0.1) is 10.2 Å². The van der Waals surface area contributed by atoms with Crippen molar-refractivity contribution in [3.05, 3.63) is 29.0 Å². The van der Waals surface area contributed by atoms with E-state index in [0.717, 1.165) is 34.2 Å². The van der Waals surface area contributed by atoms with E-state index in [4.69, 9.17) is 11.6 Å². The van der Waals surface area contributed by atoms with Crippen molar-refractivity contribution < 1.29 is 5.11 Å². The average Bonchev–Trinajstić information content (AvgIpc) is 3.15. The highest BCUT2D eigenvalue weighted by Crippen LogP contribution is 2.37. The monoisotopic (exact) mass is 320 g/mol. The molecule has 2 aromatic heterocycles. The number of aromatic hydroxyl groups is 1. The predicted octanol–water partition coefficient (Wildman–Crippen LogP) is 3.87. The lowest BCUT2D eigenvalue weighted by molar-refractivity contribution is 0.475. The third-order valence-corrected chi connectivity index (χ3v) is 5.18. The number of benzene rings is 1. The summed E-state index contributed by atoms with van der Waals surface area (Å²) in [5.41, 5.74) is 0.726. The number of phenolic OH excluding ortho intramolecular Hbond substituents is 1. The summed E-state index contributed by atoms with van der Waals surface area (Å²) < 4.78 is 1.83. The van der Waals surface area contributed by atoms with Gasteiger partial charge in [0.05, 0.1) is 5.02 Å². The molecule has 108 valence electrons. The molecule has 5 nitrogen and oxygen atoms in total. The molecule has 2 heterocycles. The van der Waals surface area contributed by atoms with Gasteiger partial charge in [-0.25, -0.2) is 0 Å². The number of hydrogen-bond donors (Lipinski definition) is 1. The van der Waals surface area contributed by atoms with E-state index >= 15 is 0 Å². The van der Waals surface area contributed by atoms with Crippen molar-refractivity contribution in [1.82, 2.24) is 19.8 Å². The SMILES string of the molecule is Oc1ccc(Cl)c(-c2nn3c(C4CCCC4)nnc3s2)c1. The molecule has 1 fully saturated rings. The maximum Gasteiger partial charge on any atom is 0.234 e. The molecule has 0 atom stereocenters. The van der Waals surface area contributed by atoms with Crippen LogP contribution in [0, 0.1) is 0 Å². The first-order valence-electron chi connectivity index (χ1n) is 6.93. The topological polar surface area (TPSA) is 63.3 Å². The molecule has 0 spiro atoms. The van der Waals surface area contributed by atoms with Crippen molar-refractivity contribution in [2.24, 2.45) is 0 Å². The van der Waals surface area contributed by atoms with Crippen LogP contribution >= 0.6 is 22.9 Å². The van der Waals surface area contributed by atoms with E-state index in [9.17, 15) is 5.11 Å². The van der Waals surface area contributed by atoms with Crippen molar-refractivity contribution in [2.75, 3.05) is 0 Å². The molecule has 1 aliphatic carbocycles. The zero-order valence-electron chi connectivity index (χ0n) is 11.2. The third kappa shape index (κ3) is 2.18.